The molecule has 0 aliphatic carbocycles. The Morgan fingerprint density at radius 2 is 0.971 bits per heavy atom. The third-order valence-corrected chi connectivity index (χ3v) is 3.59. The van der Waals surface area contributed by atoms with Crippen LogP contribution in [-0.4, -0.2) is 60.2 Å². The largest absolute Gasteiger partial charge is 0.460 e. The van der Waals surface area contributed by atoms with Crippen LogP contribution in [0.15, 0.2) is 12.2 Å². The minimum atomic E-state index is -8.70. The van der Waals surface area contributed by atoms with Crippen LogP contribution in [0.25, 0.3) is 0 Å². The number of hydrogen-bond donors (Lipinski definition) is 0. The molecule has 0 heterocycles. The Bertz CT molecular complexity index is 856. The van der Waals surface area contributed by atoms with E-state index in [4.69, 9.17) is 0 Å². The Morgan fingerprint density at radius 1 is 0.647 bits per heavy atom. The van der Waals surface area contributed by atoms with Gasteiger partial charge in [0.05, 0.1) is 0 Å². The van der Waals surface area contributed by atoms with Crippen molar-refractivity contribution in [3.8, 4) is 11.8 Å². The molecule has 0 spiro atoms. The number of rotatable bonds is 8. The van der Waals surface area contributed by atoms with Crippen molar-refractivity contribution in [2.45, 2.75) is 54.6 Å². The van der Waals surface area contributed by atoms with E-state index in [1.165, 1.54) is 0 Å². The lowest BCUT2D eigenvalue weighted by molar-refractivity contribution is -0.459. The van der Waals surface area contributed by atoms with Crippen molar-refractivity contribution in [2.24, 2.45) is 0 Å². The molecule has 0 aromatic carbocycles. The number of ether oxygens (including phenoxy) is 1. The van der Waals surface area contributed by atoms with E-state index in [1.807, 2.05) is 0 Å². The van der Waals surface area contributed by atoms with Gasteiger partial charge in [0.2, 0.25) is 0 Å². The molecule has 0 atom stereocenters. The van der Waals surface area contributed by atoms with Gasteiger partial charge in [0.15, 0.2) is 6.61 Å². The Labute approximate surface area is 176 Å². The predicted octanol–water partition coefficient (Wildman–Crippen LogP) is 6.12. The molecule has 0 saturated carbocycles. The van der Waals surface area contributed by atoms with E-state index in [0.717, 1.165) is 6.92 Å². The highest BCUT2D eigenvalue weighted by molar-refractivity contribution is 5.87. The van der Waals surface area contributed by atoms with Crippen LogP contribution in [0.1, 0.15) is 6.92 Å². The fourth-order valence-corrected chi connectivity index (χ4v) is 1.61. The van der Waals surface area contributed by atoms with Crippen molar-refractivity contribution in [3.63, 3.8) is 0 Å². The molecule has 198 valence electrons. The van der Waals surface area contributed by atoms with E-state index in [0.29, 0.717) is 5.92 Å². The van der Waals surface area contributed by atoms with E-state index >= 15 is 0 Å². The topological polar surface area (TPSA) is 26.3 Å². The van der Waals surface area contributed by atoms with Gasteiger partial charge in [-0.2, -0.15) is 74.6 Å². The van der Waals surface area contributed by atoms with Gasteiger partial charge in [0.1, 0.15) is 0 Å². The zero-order chi connectivity index (χ0) is 28.0. The van der Waals surface area contributed by atoms with Crippen molar-refractivity contribution in [2.75, 3.05) is 6.61 Å². The first-order chi connectivity index (χ1) is 14.6. The number of esters is 1. The fraction of sp³-hybridized carbons (Fsp3) is 0.667. The Kier molecular flexibility index (Phi) is 8.05. The van der Waals surface area contributed by atoms with Gasteiger partial charge >= 0.3 is 53.6 Å². The second-order valence-corrected chi connectivity index (χ2v) is 6.18. The van der Waals surface area contributed by atoms with Crippen molar-refractivity contribution >= 4 is 5.97 Å². The zero-order valence-electron chi connectivity index (χ0n) is 15.7. The molecule has 34 heavy (non-hydrogen) atoms. The molecule has 0 aromatic heterocycles. The molecule has 0 amide bonds. The minimum absolute atomic E-state index is 0.198. The molecule has 0 radical (unpaired) electrons. The summed E-state index contributed by atoms with van der Waals surface area (Å²) >= 11 is 0. The maximum atomic E-state index is 13.4. The third-order valence-electron chi connectivity index (χ3n) is 3.59. The summed E-state index contributed by atoms with van der Waals surface area (Å²) in [7, 11) is 0. The third kappa shape index (κ3) is 4.59. The van der Waals surface area contributed by atoms with E-state index < -0.39 is 65.8 Å². The van der Waals surface area contributed by atoms with Gasteiger partial charge in [0.25, 0.3) is 0 Å². The summed E-state index contributed by atoms with van der Waals surface area (Å²) in [5, 5.41) is 0. The first kappa shape index (κ1) is 31.6. The fourth-order valence-electron chi connectivity index (χ4n) is 1.61. The monoisotopic (exact) mass is 542 g/mol. The van der Waals surface area contributed by atoms with Crippen LogP contribution in [0.5, 0.6) is 0 Å². The summed E-state index contributed by atoms with van der Waals surface area (Å²) in [4.78, 5) is 10.9. The minimum Gasteiger partial charge on any atom is -0.449 e. The zero-order valence-corrected chi connectivity index (χ0v) is 15.7. The molecule has 0 saturated heterocycles. The number of halogens is 17. The molecule has 0 fully saturated rings. The lowest BCUT2D eigenvalue weighted by Crippen LogP contribution is -2.74. The summed E-state index contributed by atoms with van der Waals surface area (Å²) in [5.41, 5.74) is -0.455. The molecular weight excluding hydrogens is 535 g/mol. The Hall–Kier alpha value is -2.42. The van der Waals surface area contributed by atoms with Crippen LogP contribution in [0, 0.1) is 11.8 Å². The van der Waals surface area contributed by atoms with E-state index in [9.17, 15) is 79.4 Å². The summed E-state index contributed by atoms with van der Waals surface area (Å²) in [6.45, 7) is 2.22. The molecule has 19 heteroatoms. The highest BCUT2D eigenvalue weighted by Crippen LogP contribution is 2.63. The van der Waals surface area contributed by atoms with Crippen LogP contribution >= 0.6 is 0 Å². The summed E-state index contributed by atoms with van der Waals surface area (Å²) in [5.74, 6) is -58.3. The van der Waals surface area contributed by atoms with E-state index in [-0.39, 0.29) is 5.92 Å². The predicted molar refractivity (Wildman–Crippen MR) is 74.2 cm³/mol. The second-order valence-electron chi connectivity index (χ2n) is 6.18. The lowest BCUT2D eigenvalue weighted by atomic mass is 9.89. The molecule has 0 aliphatic rings. The number of alkyl halides is 17. The van der Waals surface area contributed by atoms with Gasteiger partial charge in [-0.25, -0.2) is 4.79 Å². The van der Waals surface area contributed by atoms with Crippen molar-refractivity contribution in [3.05, 3.63) is 12.2 Å². The van der Waals surface area contributed by atoms with Gasteiger partial charge in [-0.05, 0) is 12.8 Å². The maximum absolute atomic E-state index is 13.4. The lowest BCUT2D eigenvalue weighted by Gasteiger charge is -2.42. The molecule has 0 rings (SSSR count). The van der Waals surface area contributed by atoms with Crippen LogP contribution < -0.4 is 0 Å². The van der Waals surface area contributed by atoms with E-state index in [1.54, 1.807) is 0 Å². The number of hydrogen-bond acceptors (Lipinski definition) is 2. The molecule has 0 aliphatic heterocycles. The first-order valence-electron chi connectivity index (χ1n) is 7.62. The molecule has 2 nitrogen and oxygen atoms in total. The number of carbonyl (C=O) groups excluding carboxylic acids is 1. The second kappa shape index (κ2) is 8.66. The Morgan fingerprint density at radius 3 is 1.29 bits per heavy atom. The quantitative estimate of drug-likeness (QED) is 0.160. The summed E-state index contributed by atoms with van der Waals surface area (Å²) in [6, 6.07) is 0. The Balaban J connectivity index is 6.46. The standard InChI is InChI=1S/C15H7F17O2/c1-6(2)7(33)34-5-3-4-8(16,17)9(18,19)10(20,21)11(22,23)12(24,25)13(26,27)14(28,29)15(30,31)32/h1,5H2,2H3. The van der Waals surface area contributed by atoms with Crippen molar-refractivity contribution < 1.29 is 84.2 Å². The van der Waals surface area contributed by atoms with Crippen molar-refractivity contribution in [1.82, 2.24) is 0 Å². The molecule has 0 bridgehead atoms. The highest BCUT2D eigenvalue weighted by atomic mass is 19.4. The molecule has 0 unspecified atom stereocenters. The van der Waals surface area contributed by atoms with Crippen LogP contribution in [0.4, 0.5) is 74.6 Å². The van der Waals surface area contributed by atoms with Crippen molar-refractivity contribution in [1.29, 1.82) is 0 Å². The van der Waals surface area contributed by atoms with Crippen LogP contribution in [-0.2, 0) is 9.53 Å². The summed E-state index contributed by atoms with van der Waals surface area (Å²) < 4.78 is 225. The van der Waals surface area contributed by atoms with Gasteiger partial charge < -0.3 is 4.74 Å². The first-order valence-corrected chi connectivity index (χ1v) is 7.62. The van der Waals surface area contributed by atoms with Crippen LogP contribution in [0.3, 0.4) is 0 Å². The SMILES string of the molecule is C=C(C)C(=O)OCC#CC(F)(F)C(F)(F)C(F)(F)C(F)(F)C(F)(F)C(F)(F)C(F)(F)C(F)(F)F. The van der Waals surface area contributed by atoms with Crippen LogP contribution in [0.2, 0.25) is 0 Å². The van der Waals surface area contributed by atoms with Gasteiger partial charge in [-0.1, -0.05) is 12.5 Å². The molecule has 0 aromatic rings. The smallest absolute Gasteiger partial charge is 0.449 e. The number of carbonyl (C=O) groups is 1. The average molecular weight is 542 g/mol. The normalized spacial score (nSPS) is 14.9. The van der Waals surface area contributed by atoms with E-state index in [2.05, 4.69) is 11.3 Å². The van der Waals surface area contributed by atoms with Gasteiger partial charge in [0, 0.05) is 5.57 Å². The molecular formula is C15H7F17O2. The molecule has 0 N–H and O–H groups in total. The average Bonchev–Trinajstić information content (AvgIpc) is 2.62. The summed E-state index contributed by atoms with van der Waals surface area (Å²) in [6.07, 6.45) is -7.82. The highest BCUT2D eigenvalue weighted by Gasteiger charge is 2.95. The van der Waals surface area contributed by atoms with Gasteiger partial charge in [-0.3, -0.25) is 0 Å². The maximum Gasteiger partial charge on any atom is 0.460 e. The van der Waals surface area contributed by atoms with Gasteiger partial charge in [-0.15, -0.1) is 0 Å².